The van der Waals surface area contributed by atoms with E-state index in [9.17, 15) is 4.79 Å². The van der Waals surface area contributed by atoms with Gasteiger partial charge in [-0.15, -0.1) is 0 Å². The summed E-state index contributed by atoms with van der Waals surface area (Å²) in [7, 11) is 0. The Morgan fingerprint density at radius 3 is 2.77 bits per heavy atom. The van der Waals surface area contributed by atoms with E-state index in [0.29, 0.717) is 28.8 Å². The Bertz CT molecular complexity index is 806. The molecule has 2 aromatic carbocycles. The summed E-state index contributed by atoms with van der Waals surface area (Å²) in [5, 5.41) is 7.47. The van der Waals surface area contributed by atoms with Crippen LogP contribution in [0.25, 0.3) is 0 Å². The van der Waals surface area contributed by atoms with Crippen LogP contribution in [0.15, 0.2) is 47.6 Å². The van der Waals surface area contributed by atoms with Gasteiger partial charge >= 0.3 is 0 Å². The van der Waals surface area contributed by atoms with Gasteiger partial charge in [-0.25, -0.2) is 0 Å². The minimum absolute atomic E-state index is 0.136. The fourth-order valence-corrected chi connectivity index (χ4v) is 2.54. The highest BCUT2D eigenvalue weighted by Crippen LogP contribution is 2.32. The monoisotopic (exact) mass is 374 g/mol. The molecule has 0 unspecified atom stereocenters. The van der Waals surface area contributed by atoms with Gasteiger partial charge in [0.2, 0.25) is 6.79 Å². The van der Waals surface area contributed by atoms with Gasteiger partial charge in [0.25, 0.3) is 5.91 Å². The van der Waals surface area contributed by atoms with Crippen molar-refractivity contribution >= 4 is 23.2 Å². The van der Waals surface area contributed by atoms with E-state index < -0.39 is 0 Å². The van der Waals surface area contributed by atoms with Crippen molar-refractivity contribution in [3.8, 4) is 11.5 Å². The number of hydrogen-bond donors (Lipinski definition) is 1. The Morgan fingerprint density at radius 1 is 1.19 bits per heavy atom. The molecule has 1 aliphatic heterocycles. The second-order valence-electron chi connectivity index (χ2n) is 5.74. The molecule has 0 bridgehead atoms. The van der Waals surface area contributed by atoms with Crippen LogP contribution in [0.5, 0.6) is 11.5 Å². The van der Waals surface area contributed by atoms with Crippen LogP contribution in [0.2, 0.25) is 5.02 Å². The zero-order valence-electron chi connectivity index (χ0n) is 14.3. The normalized spacial score (nSPS) is 12.8. The number of carbonyl (C=O) groups excluding carboxylic acids is 1. The van der Waals surface area contributed by atoms with Gasteiger partial charge < -0.3 is 19.6 Å². The summed E-state index contributed by atoms with van der Waals surface area (Å²) in [6.07, 6.45) is 0.725. The molecule has 0 spiro atoms. The molecule has 1 heterocycles. The Balaban J connectivity index is 1.41. The number of hydrogen-bond acceptors (Lipinski definition) is 5. The molecule has 0 aromatic heterocycles. The summed E-state index contributed by atoms with van der Waals surface area (Å²) >= 11 is 5.84. The minimum atomic E-state index is -0.221. The molecule has 0 atom stereocenters. The van der Waals surface area contributed by atoms with Gasteiger partial charge in [-0.2, -0.15) is 0 Å². The first-order valence-electron chi connectivity index (χ1n) is 8.19. The van der Waals surface area contributed by atoms with E-state index in [0.717, 1.165) is 17.5 Å². The second kappa shape index (κ2) is 8.58. The Labute approximate surface area is 156 Å². The van der Waals surface area contributed by atoms with Gasteiger partial charge in [0.1, 0.15) is 0 Å². The van der Waals surface area contributed by atoms with E-state index in [1.807, 2.05) is 42.5 Å². The van der Waals surface area contributed by atoms with Crippen molar-refractivity contribution in [2.24, 2.45) is 5.16 Å². The number of benzene rings is 2. The molecule has 136 valence electrons. The van der Waals surface area contributed by atoms with Crippen LogP contribution in [-0.4, -0.2) is 31.6 Å². The molecule has 0 saturated heterocycles. The summed E-state index contributed by atoms with van der Waals surface area (Å²) in [4.78, 5) is 16.9. The molecule has 0 aliphatic carbocycles. The standard InChI is InChI=1S/C19H19ClN2O4/c1-13(15-4-7-17-18(10-15)25-12-24-17)22-26-11-19(23)21-9-8-14-2-5-16(20)6-3-14/h2-7,10H,8-9,11-12H2,1H3,(H,21,23)/b22-13-. The fraction of sp³-hybridized carbons (Fsp3) is 0.263. The van der Waals surface area contributed by atoms with Crippen molar-refractivity contribution < 1.29 is 19.1 Å². The summed E-state index contributed by atoms with van der Waals surface area (Å²) in [5.74, 6) is 1.17. The van der Waals surface area contributed by atoms with Gasteiger partial charge in [0.05, 0.1) is 5.71 Å². The van der Waals surface area contributed by atoms with Gasteiger partial charge in [-0.05, 0) is 49.2 Å². The van der Waals surface area contributed by atoms with Gasteiger partial charge in [-0.3, -0.25) is 4.79 Å². The molecular weight excluding hydrogens is 356 g/mol. The topological polar surface area (TPSA) is 69.2 Å². The van der Waals surface area contributed by atoms with E-state index in [2.05, 4.69) is 10.5 Å². The van der Waals surface area contributed by atoms with Crippen LogP contribution >= 0.6 is 11.6 Å². The van der Waals surface area contributed by atoms with Crippen molar-refractivity contribution in [3.05, 3.63) is 58.6 Å². The number of oxime groups is 1. The third-order valence-corrected chi connectivity index (χ3v) is 4.09. The average molecular weight is 375 g/mol. The highest BCUT2D eigenvalue weighted by molar-refractivity contribution is 6.30. The third kappa shape index (κ3) is 4.89. The Kier molecular flexibility index (Phi) is 5.96. The number of nitrogens with one attached hydrogen (secondary N) is 1. The van der Waals surface area contributed by atoms with Crippen molar-refractivity contribution in [1.82, 2.24) is 5.32 Å². The molecule has 26 heavy (non-hydrogen) atoms. The molecule has 7 heteroatoms. The second-order valence-corrected chi connectivity index (χ2v) is 6.18. The van der Waals surface area contributed by atoms with Crippen LogP contribution < -0.4 is 14.8 Å². The Morgan fingerprint density at radius 2 is 1.96 bits per heavy atom. The van der Waals surface area contributed by atoms with E-state index in [4.69, 9.17) is 25.9 Å². The average Bonchev–Trinajstić information content (AvgIpc) is 3.11. The van der Waals surface area contributed by atoms with E-state index in [-0.39, 0.29) is 19.3 Å². The van der Waals surface area contributed by atoms with Gasteiger partial charge in [0.15, 0.2) is 18.1 Å². The first-order chi connectivity index (χ1) is 12.6. The largest absolute Gasteiger partial charge is 0.454 e. The lowest BCUT2D eigenvalue weighted by atomic mass is 10.1. The maximum absolute atomic E-state index is 11.8. The minimum Gasteiger partial charge on any atom is -0.454 e. The lowest BCUT2D eigenvalue weighted by molar-refractivity contribution is -0.125. The quantitative estimate of drug-likeness (QED) is 0.597. The molecule has 0 radical (unpaired) electrons. The maximum atomic E-state index is 11.8. The first-order valence-corrected chi connectivity index (χ1v) is 8.57. The van der Waals surface area contributed by atoms with Crippen LogP contribution in [-0.2, 0) is 16.1 Å². The number of ether oxygens (including phenoxy) is 2. The number of carbonyl (C=O) groups is 1. The van der Waals surface area contributed by atoms with Crippen LogP contribution in [0.1, 0.15) is 18.1 Å². The molecule has 1 amide bonds. The zero-order chi connectivity index (χ0) is 18.4. The lowest BCUT2D eigenvalue weighted by Gasteiger charge is -2.06. The smallest absolute Gasteiger partial charge is 0.260 e. The van der Waals surface area contributed by atoms with E-state index in [1.165, 1.54) is 0 Å². The number of amides is 1. The Hall–Kier alpha value is -2.73. The van der Waals surface area contributed by atoms with Crippen molar-refractivity contribution in [1.29, 1.82) is 0 Å². The molecule has 6 nitrogen and oxygen atoms in total. The predicted octanol–water partition coefficient (Wildman–Crippen LogP) is 3.17. The molecule has 0 saturated carbocycles. The summed E-state index contributed by atoms with van der Waals surface area (Å²) in [5.41, 5.74) is 2.60. The fourth-order valence-electron chi connectivity index (χ4n) is 2.41. The van der Waals surface area contributed by atoms with Gasteiger partial charge in [-0.1, -0.05) is 28.9 Å². The van der Waals surface area contributed by atoms with E-state index >= 15 is 0 Å². The lowest BCUT2D eigenvalue weighted by Crippen LogP contribution is -2.29. The maximum Gasteiger partial charge on any atom is 0.260 e. The molecule has 2 aromatic rings. The van der Waals surface area contributed by atoms with E-state index in [1.54, 1.807) is 6.92 Å². The first kappa shape index (κ1) is 18.1. The number of halogens is 1. The zero-order valence-corrected chi connectivity index (χ0v) is 15.1. The number of rotatable bonds is 7. The molecule has 0 fully saturated rings. The number of fused-ring (bicyclic) bond motifs is 1. The predicted molar refractivity (Wildman–Crippen MR) is 98.9 cm³/mol. The highest BCUT2D eigenvalue weighted by atomic mass is 35.5. The van der Waals surface area contributed by atoms with Crippen LogP contribution in [0.3, 0.4) is 0 Å². The SMILES string of the molecule is C/C(=N/OCC(=O)NCCc1ccc(Cl)cc1)c1ccc2c(c1)OCO2. The summed E-state index contributed by atoms with van der Waals surface area (Å²) in [6.45, 7) is 2.41. The summed E-state index contributed by atoms with van der Waals surface area (Å²) in [6, 6.07) is 13.0. The van der Waals surface area contributed by atoms with Crippen molar-refractivity contribution in [2.45, 2.75) is 13.3 Å². The van der Waals surface area contributed by atoms with Crippen molar-refractivity contribution in [3.63, 3.8) is 0 Å². The highest BCUT2D eigenvalue weighted by Gasteiger charge is 2.14. The number of nitrogens with zero attached hydrogens (tertiary/aromatic N) is 1. The van der Waals surface area contributed by atoms with Crippen LogP contribution in [0.4, 0.5) is 0 Å². The van der Waals surface area contributed by atoms with Gasteiger partial charge in [0, 0.05) is 17.1 Å². The molecular formula is C19H19ClN2O4. The molecule has 1 aliphatic rings. The molecule has 3 rings (SSSR count). The molecule has 1 N–H and O–H groups in total. The third-order valence-electron chi connectivity index (χ3n) is 3.84. The van der Waals surface area contributed by atoms with Crippen LogP contribution in [0, 0.1) is 0 Å². The van der Waals surface area contributed by atoms with Crippen molar-refractivity contribution in [2.75, 3.05) is 19.9 Å². The summed E-state index contributed by atoms with van der Waals surface area (Å²) < 4.78 is 10.6.